The molecule has 20 heavy (non-hydrogen) atoms. The first-order valence-electron chi connectivity index (χ1n) is 7.27. The van der Waals surface area contributed by atoms with Crippen LogP contribution in [0.2, 0.25) is 0 Å². The smallest absolute Gasteiger partial charge is 0.356 e. The number of esters is 1. The highest BCUT2D eigenvalue weighted by Crippen LogP contribution is 2.13. The Hall–Kier alpha value is -0.300. The Kier molecular flexibility index (Phi) is 11.0. The van der Waals surface area contributed by atoms with Gasteiger partial charge in [-0.05, 0) is 30.2 Å². The Balaban J connectivity index is 1.84. The molecule has 1 fully saturated rings. The van der Waals surface area contributed by atoms with Gasteiger partial charge in [0.1, 0.15) is 18.1 Å². The maximum absolute atomic E-state index is 11.6. The average molecular weight is 307 g/mol. The van der Waals surface area contributed by atoms with Crippen molar-refractivity contribution in [2.75, 3.05) is 64.0 Å². The number of carbonyl (C=O) groups excluding carboxylic acids is 1. The molecule has 5 nitrogen and oxygen atoms in total. The van der Waals surface area contributed by atoms with E-state index in [-0.39, 0.29) is 16.9 Å². The summed E-state index contributed by atoms with van der Waals surface area (Å²) in [5.74, 6) is 2.92. The van der Waals surface area contributed by atoms with E-state index >= 15 is 0 Å². The minimum absolute atomic E-state index is 0.0739. The van der Waals surface area contributed by atoms with Gasteiger partial charge in [-0.25, -0.2) is 4.79 Å². The molecular formula is C14H27O5S+. The molecule has 1 aliphatic heterocycles. The van der Waals surface area contributed by atoms with Crippen molar-refractivity contribution in [1.82, 2.24) is 0 Å². The molecule has 1 aliphatic rings. The first-order valence-corrected chi connectivity index (χ1v) is 9.00. The topological polar surface area (TPSA) is 54.0 Å². The minimum Gasteiger partial charge on any atom is -0.460 e. The minimum atomic E-state index is -0.0739. The first kappa shape index (κ1) is 17.8. The molecule has 0 saturated carbocycles. The summed E-state index contributed by atoms with van der Waals surface area (Å²) < 4.78 is 20.6. The lowest BCUT2D eigenvalue weighted by atomic mass is 10.3. The van der Waals surface area contributed by atoms with E-state index in [9.17, 15) is 4.79 Å². The van der Waals surface area contributed by atoms with Gasteiger partial charge < -0.3 is 18.9 Å². The van der Waals surface area contributed by atoms with Crippen molar-refractivity contribution in [3.05, 3.63) is 0 Å². The molecule has 0 aliphatic carbocycles. The number of hydrogen-bond donors (Lipinski definition) is 0. The van der Waals surface area contributed by atoms with Gasteiger partial charge in [0.15, 0.2) is 0 Å². The van der Waals surface area contributed by atoms with E-state index in [4.69, 9.17) is 18.9 Å². The van der Waals surface area contributed by atoms with Crippen molar-refractivity contribution >= 4 is 16.9 Å². The molecule has 1 saturated heterocycles. The zero-order chi connectivity index (χ0) is 14.5. The molecule has 0 amide bonds. The van der Waals surface area contributed by atoms with E-state index in [2.05, 4.69) is 0 Å². The second-order valence-electron chi connectivity index (χ2n) is 4.66. The third-order valence-electron chi connectivity index (χ3n) is 2.98. The van der Waals surface area contributed by atoms with Gasteiger partial charge in [0.2, 0.25) is 5.75 Å². The second kappa shape index (κ2) is 12.4. The molecule has 0 aromatic heterocycles. The maximum Gasteiger partial charge on any atom is 0.356 e. The Labute approximate surface area is 124 Å². The normalized spacial score (nSPS) is 16.2. The van der Waals surface area contributed by atoms with Gasteiger partial charge in [-0.15, -0.1) is 0 Å². The molecule has 0 unspecified atom stereocenters. The van der Waals surface area contributed by atoms with E-state index in [0.29, 0.717) is 45.4 Å². The van der Waals surface area contributed by atoms with E-state index < -0.39 is 0 Å². The van der Waals surface area contributed by atoms with Gasteiger partial charge in [0, 0.05) is 7.11 Å². The standard InChI is InChI=1S/C14H27O5S/c1-16-5-6-17-7-8-18-9-10-19-14(15)13-20-11-3-2-4-12-20/h2-13H2,1H3/q+1. The van der Waals surface area contributed by atoms with Crippen LogP contribution >= 0.6 is 0 Å². The number of rotatable bonds is 11. The lowest BCUT2D eigenvalue weighted by Gasteiger charge is -2.13. The zero-order valence-corrected chi connectivity index (χ0v) is 13.3. The molecule has 0 atom stereocenters. The summed E-state index contributed by atoms with van der Waals surface area (Å²) in [4.78, 5) is 11.6. The first-order chi connectivity index (χ1) is 9.83. The van der Waals surface area contributed by atoms with Crippen LogP contribution in [0.15, 0.2) is 0 Å². The Morgan fingerprint density at radius 1 is 0.900 bits per heavy atom. The number of methoxy groups -OCH3 is 1. The van der Waals surface area contributed by atoms with Crippen molar-refractivity contribution in [1.29, 1.82) is 0 Å². The van der Waals surface area contributed by atoms with Gasteiger partial charge in [-0.1, -0.05) is 0 Å². The average Bonchev–Trinajstić information content (AvgIpc) is 2.46. The fraction of sp³-hybridized carbons (Fsp3) is 0.929. The van der Waals surface area contributed by atoms with Crippen LogP contribution in [0.1, 0.15) is 19.3 Å². The molecule has 1 rings (SSSR count). The van der Waals surface area contributed by atoms with Crippen molar-refractivity contribution in [3.8, 4) is 0 Å². The summed E-state index contributed by atoms with van der Waals surface area (Å²) in [5.41, 5.74) is 0. The summed E-state index contributed by atoms with van der Waals surface area (Å²) in [7, 11) is 1.91. The molecular weight excluding hydrogens is 280 g/mol. The Morgan fingerprint density at radius 2 is 1.50 bits per heavy atom. The monoisotopic (exact) mass is 307 g/mol. The van der Waals surface area contributed by atoms with Crippen LogP contribution < -0.4 is 0 Å². The predicted octanol–water partition coefficient (Wildman–Crippen LogP) is 1.01. The maximum atomic E-state index is 11.6. The van der Waals surface area contributed by atoms with E-state index in [1.807, 2.05) is 0 Å². The fourth-order valence-electron chi connectivity index (χ4n) is 1.92. The van der Waals surface area contributed by atoms with Gasteiger partial charge in [0.05, 0.1) is 33.0 Å². The molecule has 0 N–H and O–H groups in total. The summed E-state index contributed by atoms with van der Waals surface area (Å²) in [6.07, 6.45) is 3.85. The lowest BCUT2D eigenvalue weighted by molar-refractivity contribution is -0.142. The molecule has 0 aromatic rings. The SMILES string of the molecule is COCCOCCOCCOC(=O)C[S+]1CCCCC1. The fourth-order valence-corrected chi connectivity index (χ4v) is 4.06. The second-order valence-corrected chi connectivity index (χ2v) is 6.99. The van der Waals surface area contributed by atoms with Gasteiger partial charge in [-0.2, -0.15) is 0 Å². The Bertz CT molecular complexity index is 244. The third kappa shape index (κ3) is 9.58. The van der Waals surface area contributed by atoms with Crippen LogP contribution in [0.5, 0.6) is 0 Å². The Morgan fingerprint density at radius 3 is 2.15 bits per heavy atom. The summed E-state index contributed by atoms with van der Waals surface area (Å²) in [5, 5.41) is 0. The molecule has 0 radical (unpaired) electrons. The van der Waals surface area contributed by atoms with Crippen LogP contribution in [0, 0.1) is 0 Å². The van der Waals surface area contributed by atoms with Crippen LogP contribution in [0.4, 0.5) is 0 Å². The highest BCUT2D eigenvalue weighted by atomic mass is 32.2. The molecule has 118 valence electrons. The van der Waals surface area contributed by atoms with E-state index in [0.717, 1.165) is 0 Å². The zero-order valence-electron chi connectivity index (χ0n) is 12.4. The summed E-state index contributed by atoms with van der Waals surface area (Å²) in [6.45, 7) is 3.02. The summed E-state index contributed by atoms with van der Waals surface area (Å²) >= 11 is 0. The van der Waals surface area contributed by atoms with Crippen molar-refractivity contribution < 1.29 is 23.7 Å². The van der Waals surface area contributed by atoms with Crippen molar-refractivity contribution in [2.45, 2.75) is 19.3 Å². The molecule has 0 spiro atoms. The van der Waals surface area contributed by atoms with Crippen molar-refractivity contribution in [2.24, 2.45) is 0 Å². The van der Waals surface area contributed by atoms with Gasteiger partial charge in [-0.3, -0.25) is 0 Å². The lowest BCUT2D eigenvalue weighted by Crippen LogP contribution is -2.27. The van der Waals surface area contributed by atoms with Crippen LogP contribution in [-0.4, -0.2) is 70.0 Å². The number of hydrogen-bond acceptors (Lipinski definition) is 5. The molecule has 0 bridgehead atoms. The third-order valence-corrected chi connectivity index (χ3v) is 5.36. The highest BCUT2D eigenvalue weighted by Gasteiger charge is 2.25. The largest absolute Gasteiger partial charge is 0.460 e. The molecule has 1 heterocycles. The van der Waals surface area contributed by atoms with Crippen LogP contribution in [-0.2, 0) is 34.6 Å². The number of carbonyl (C=O) groups is 1. The van der Waals surface area contributed by atoms with Gasteiger partial charge >= 0.3 is 5.97 Å². The van der Waals surface area contributed by atoms with E-state index in [1.54, 1.807) is 7.11 Å². The predicted molar refractivity (Wildman–Crippen MR) is 80.3 cm³/mol. The van der Waals surface area contributed by atoms with Crippen molar-refractivity contribution in [3.63, 3.8) is 0 Å². The number of ether oxygens (including phenoxy) is 4. The quantitative estimate of drug-likeness (QED) is 0.324. The molecule has 6 heteroatoms. The summed E-state index contributed by atoms with van der Waals surface area (Å²) in [6, 6.07) is 0. The van der Waals surface area contributed by atoms with Crippen LogP contribution in [0.25, 0.3) is 0 Å². The highest BCUT2D eigenvalue weighted by molar-refractivity contribution is 7.97. The van der Waals surface area contributed by atoms with Gasteiger partial charge in [0.25, 0.3) is 0 Å². The van der Waals surface area contributed by atoms with Crippen LogP contribution in [0.3, 0.4) is 0 Å². The van der Waals surface area contributed by atoms with E-state index in [1.165, 1.54) is 30.8 Å². The molecule has 0 aromatic carbocycles.